The van der Waals surface area contributed by atoms with E-state index in [1.165, 1.54) is 4.90 Å². The highest BCUT2D eigenvalue weighted by atomic mass is 19.4. The van der Waals surface area contributed by atoms with Crippen molar-refractivity contribution in [3.05, 3.63) is 60.2 Å². The lowest BCUT2D eigenvalue weighted by Crippen LogP contribution is -2.47. The Labute approximate surface area is 264 Å². The number of carbonyl (C=O) groups excluding carboxylic acids is 2. The number of rotatable bonds is 9. The van der Waals surface area contributed by atoms with Crippen LogP contribution in [0.2, 0.25) is 0 Å². The molecule has 14 heteroatoms. The predicted octanol–water partition coefficient (Wildman–Crippen LogP) is 5.14. The van der Waals surface area contributed by atoms with Crippen molar-refractivity contribution >= 4 is 12.3 Å². The number of amides is 2. The van der Waals surface area contributed by atoms with Gasteiger partial charge in [-0.25, -0.2) is 19.9 Å². The maximum Gasteiger partial charge on any atom is 0.433 e. The normalized spacial score (nSPS) is 19.3. The molecule has 2 amide bonds. The summed E-state index contributed by atoms with van der Waals surface area (Å²) in [5.74, 6) is 1.47. The number of nitrogens with one attached hydrogen (secondary N) is 3. The van der Waals surface area contributed by atoms with Gasteiger partial charge in [0, 0.05) is 42.2 Å². The van der Waals surface area contributed by atoms with Gasteiger partial charge in [0.15, 0.2) is 5.82 Å². The standard InChI is InChI=1S/C32H36F3N9O2/c1-18(2)25(36-3)31(46)44-13-5-7-24(44)29-39-16-22(40-29)21-14-37-28(38-15-21)20-10-8-19(9-11-20)26-27(32(33,34)35)42-30(41-26)23-6-4-12-43(23)17-45/h8-11,14-18,23-25,36H,4-7,12-13H2,1-3H3,(H,39,40)(H,41,42)/t23-,24-,25?/m0/s1. The van der Waals surface area contributed by atoms with Crippen LogP contribution in [0.15, 0.2) is 42.9 Å². The molecule has 1 aromatic carbocycles. The van der Waals surface area contributed by atoms with Crippen LogP contribution >= 0.6 is 0 Å². The molecule has 0 saturated carbocycles. The maximum absolute atomic E-state index is 14.0. The lowest BCUT2D eigenvalue weighted by atomic mass is 10.0. The van der Waals surface area contributed by atoms with Crippen LogP contribution in [0.25, 0.3) is 33.9 Å². The Bertz CT molecular complexity index is 1680. The van der Waals surface area contributed by atoms with Gasteiger partial charge in [0.2, 0.25) is 12.3 Å². The van der Waals surface area contributed by atoms with Gasteiger partial charge in [0.1, 0.15) is 23.0 Å². The van der Waals surface area contributed by atoms with Crippen molar-refractivity contribution in [1.29, 1.82) is 0 Å². The largest absolute Gasteiger partial charge is 0.433 e. The van der Waals surface area contributed by atoms with Crippen LogP contribution in [0.5, 0.6) is 0 Å². The summed E-state index contributed by atoms with van der Waals surface area (Å²) >= 11 is 0. The molecule has 4 aromatic rings. The first kappa shape index (κ1) is 31.4. The van der Waals surface area contributed by atoms with Crippen molar-refractivity contribution in [3.8, 4) is 33.9 Å². The first-order valence-electron chi connectivity index (χ1n) is 15.4. The fraction of sp³-hybridized carbons (Fsp3) is 0.438. The van der Waals surface area contributed by atoms with Crippen molar-refractivity contribution in [2.45, 2.75) is 63.8 Å². The molecule has 3 N–H and O–H groups in total. The second-order valence-electron chi connectivity index (χ2n) is 12.1. The van der Waals surface area contributed by atoms with Gasteiger partial charge in [-0.15, -0.1) is 0 Å². The highest BCUT2D eigenvalue weighted by Gasteiger charge is 2.39. The molecule has 11 nitrogen and oxygen atoms in total. The van der Waals surface area contributed by atoms with Crippen LogP contribution in [0, 0.1) is 5.92 Å². The van der Waals surface area contributed by atoms with E-state index in [9.17, 15) is 22.8 Å². The van der Waals surface area contributed by atoms with E-state index in [4.69, 9.17) is 0 Å². The molecule has 6 rings (SSSR count). The van der Waals surface area contributed by atoms with Crippen molar-refractivity contribution in [2.24, 2.45) is 5.92 Å². The van der Waals surface area contributed by atoms with Gasteiger partial charge >= 0.3 is 6.18 Å². The zero-order valence-corrected chi connectivity index (χ0v) is 25.8. The number of carbonyl (C=O) groups is 2. The molecule has 0 bridgehead atoms. The number of benzene rings is 1. The van der Waals surface area contributed by atoms with Gasteiger partial charge in [-0.1, -0.05) is 38.1 Å². The summed E-state index contributed by atoms with van der Waals surface area (Å²) in [5.41, 5.74) is 1.17. The number of alkyl halides is 3. The molecule has 3 atom stereocenters. The van der Waals surface area contributed by atoms with Crippen molar-refractivity contribution in [1.82, 2.24) is 45.0 Å². The van der Waals surface area contributed by atoms with E-state index in [0.29, 0.717) is 55.1 Å². The summed E-state index contributed by atoms with van der Waals surface area (Å²) in [5, 5.41) is 3.13. The number of hydrogen-bond donors (Lipinski definition) is 3. The van der Waals surface area contributed by atoms with E-state index >= 15 is 0 Å². The van der Waals surface area contributed by atoms with E-state index in [-0.39, 0.29) is 41.0 Å². The summed E-state index contributed by atoms with van der Waals surface area (Å²) in [7, 11) is 1.80. The number of imidazole rings is 2. The third-order valence-electron chi connectivity index (χ3n) is 8.82. The van der Waals surface area contributed by atoms with Gasteiger partial charge in [0.25, 0.3) is 0 Å². The van der Waals surface area contributed by atoms with Crippen LogP contribution in [0.4, 0.5) is 13.2 Å². The summed E-state index contributed by atoms with van der Waals surface area (Å²) in [6, 6.07) is 5.51. The Kier molecular flexibility index (Phi) is 8.64. The minimum Gasteiger partial charge on any atom is -0.340 e. The quantitative estimate of drug-likeness (QED) is 0.217. The molecule has 2 aliphatic heterocycles. The zero-order valence-electron chi connectivity index (χ0n) is 25.8. The summed E-state index contributed by atoms with van der Waals surface area (Å²) in [4.78, 5) is 51.6. The van der Waals surface area contributed by atoms with E-state index in [1.54, 1.807) is 49.9 Å². The topological polar surface area (TPSA) is 136 Å². The Hall–Kier alpha value is -4.59. The highest BCUT2D eigenvalue weighted by Crippen LogP contribution is 2.39. The smallest absolute Gasteiger partial charge is 0.340 e. The molecule has 2 saturated heterocycles. The third kappa shape index (κ3) is 6.00. The zero-order chi connectivity index (χ0) is 32.6. The molecular formula is C32H36F3N9O2. The fourth-order valence-electron chi connectivity index (χ4n) is 6.45. The molecule has 3 aromatic heterocycles. The third-order valence-corrected chi connectivity index (χ3v) is 8.82. The fourth-order valence-corrected chi connectivity index (χ4v) is 6.45. The number of H-pyrrole nitrogens is 2. The van der Waals surface area contributed by atoms with Crippen LogP contribution in [-0.4, -0.2) is 78.2 Å². The van der Waals surface area contributed by atoms with Gasteiger partial charge in [0.05, 0.1) is 30.0 Å². The number of likely N-dealkylation sites (N-methyl/N-ethyl adjacent to an activating group) is 1. The van der Waals surface area contributed by atoms with Gasteiger partial charge in [-0.3, -0.25) is 9.59 Å². The first-order valence-corrected chi connectivity index (χ1v) is 15.4. The lowest BCUT2D eigenvalue weighted by molar-refractivity contribution is -0.140. The number of hydrogen-bond acceptors (Lipinski definition) is 7. The first-order chi connectivity index (χ1) is 22.1. The molecule has 1 unspecified atom stereocenters. The average Bonchev–Trinajstić information content (AvgIpc) is 3.86. The average molecular weight is 636 g/mol. The Morgan fingerprint density at radius 1 is 0.935 bits per heavy atom. The number of halogens is 3. The van der Waals surface area contributed by atoms with E-state index in [1.807, 2.05) is 18.7 Å². The highest BCUT2D eigenvalue weighted by molar-refractivity contribution is 5.82. The number of nitrogens with zero attached hydrogens (tertiary/aromatic N) is 6. The number of aromatic amines is 2. The minimum absolute atomic E-state index is 0.0670. The second kappa shape index (κ2) is 12.7. The van der Waals surface area contributed by atoms with Gasteiger partial charge in [-0.05, 0) is 38.6 Å². The number of aromatic nitrogens is 6. The predicted molar refractivity (Wildman–Crippen MR) is 164 cm³/mol. The molecule has 5 heterocycles. The van der Waals surface area contributed by atoms with Crippen LogP contribution < -0.4 is 5.32 Å². The monoisotopic (exact) mass is 635 g/mol. The lowest BCUT2D eigenvalue weighted by Gasteiger charge is -2.29. The summed E-state index contributed by atoms with van der Waals surface area (Å²) in [6.07, 6.45) is 3.98. The Balaban J connectivity index is 1.19. The van der Waals surface area contributed by atoms with Crippen LogP contribution in [-0.2, 0) is 15.8 Å². The molecule has 46 heavy (non-hydrogen) atoms. The molecule has 0 radical (unpaired) electrons. The SMILES string of the molecule is CNC(C(=O)N1CCC[C@H]1c1ncc(-c2cnc(-c3ccc(-c4nc([C@@H]5CCCN5C=O)[nH]c4C(F)(F)F)cc3)nc2)[nH]1)C(C)C. The second-order valence-corrected chi connectivity index (χ2v) is 12.1. The molecule has 242 valence electrons. The number of likely N-dealkylation sites (tertiary alicyclic amines) is 2. The molecule has 2 fully saturated rings. The Morgan fingerprint density at radius 2 is 1.61 bits per heavy atom. The Morgan fingerprint density at radius 3 is 2.26 bits per heavy atom. The van der Waals surface area contributed by atoms with Crippen LogP contribution in [0.3, 0.4) is 0 Å². The van der Waals surface area contributed by atoms with E-state index in [2.05, 4.69) is 35.2 Å². The van der Waals surface area contributed by atoms with Gasteiger partial charge < -0.3 is 25.1 Å². The van der Waals surface area contributed by atoms with Gasteiger partial charge in [-0.2, -0.15) is 13.2 Å². The van der Waals surface area contributed by atoms with E-state index < -0.39 is 17.9 Å². The molecule has 2 aliphatic rings. The molecule has 0 aliphatic carbocycles. The molecule has 0 spiro atoms. The van der Waals surface area contributed by atoms with Crippen molar-refractivity contribution < 1.29 is 22.8 Å². The summed E-state index contributed by atoms with van der Waals surface area (Å²) in [6.45, 7) is 5.20. The van der Waals surface area contributed by atoms with E-state index in [0.717, 1.165) is 18.5 Å². The summed E-state index contributed by atoms with van der Waals surface area (Å²) < 4.78 is 41.9. The van der Waals surface area contributed by atoms with Crippen LogP contribution in [0.1, 0.15) is 69.0 Å². The van der Waals surface area contributed by atoms with Crippen molar-refractivity contribution in [2.75, 3.05) is 20.1 Å². The maximum atomic E-state index is 14.0. The van der Waals surface area contributed by atoms with Crippen molar-refractivity contribution in [3.63, 3.8) is 0 Å². The molecular weight excluding hydrogens is 599 g/mol. The minimum atomic E-state index is -4.65.